The van der Waals surface area contributed by atoms with Gasteiger partial charge in [-0.15, -0.1) is 0 Å². The van der Waals surface area contributed by atoms with Gasteiger partial charge >= 0.3 is 0 Å². The molecule has 0 aliphatic carbocycles. The SMILES string of the molecule is Fc1cccc(-c2nc3ccn(Cc4cc(Br)cc(Br)c4)cc-3n2)c1F. The maximum Gasteiger partial charge on any atom is 0.169 e. The highest BCUT2D eigenvalue weighted by atomic mass is 79.9. The molecule has 0 amide bonds. The summed E-state index contributed by atoms with van der Waals surface area (Å²) in [6.07, 6.45) is 3.73. The van der Waals surface area contributed by atoms with Gasteiger partial charge in [0.2, 0.25) is 0 Å². The number of hydrogen-bond donors (Lipinski definition) is 0. The second-order valence-corrected chi connectivity index (χ2v) is 7.65. The minimum absolute atomic E-state index is 0.0590. The molecule has 2 aliphatic heterocycles. The second-order valence-electron chi connectivity index (χ2n) is 5.81. The number of hydrogen-bond acceptors (Lipinski definition) is 2. The van der Waals surface area contributed by atoms with Crippen molar-refractivity contribution in [3.05, 3.63) is 81.0 Å². The Kier molecular flexibility index (Phi) is 4.58. The molecule has 0 atom stereocenters. The highest BCUT2D eigenvalue weighted by Crippen LogP contribution is 2.28. The summed E-state index contributed by atoms with van der Waals surface area (Å²) in [5, 5.41) is 0. The number of fused-ring (bicyclic) bond motifs is 1. The second kappa shape index (κ2) is 6.89. The van der Waals surface area contributed by atoms with E-state index in [-0.39, 0.29) is 11.4 Å². The summed E-state index contributed by atoms with van der Waals surface area (Å²) in [6, 6.07) is 11.8. The standard InChI is InChI=1S/C19H11Br2F2N3/c20-12-6-11(7-13(21)8-12)9-26-5-4-16-17(10-26)25-19(24-16)14-2-1-3-15(22)18(14)23/h1-8,10H,9H2. The molecular weight excluding hydrogens is 468 g/mol. The molecule has 0 radical (unpaired) electrons. The predicted molar refractivity (Wildman–Crippen MR) is 103 cm³/mol. The van der Waals surface area contributed by atoms with E-state index >= 15 is 0 Å². The highest BCUT2D eigenvalue weighted by Gasteiger charge is 2.17. The maximum absolute atomic E-state index is 14.0. The van der Waals surface area contributed by atoms with E-state index in [1.807, 2.05) is 41.2 Å². The van der Waals surface area contributed by atoms with E-state index in [9.17, 15) is 8.78 Å². The number of nitrogens with zero attached hydrogens (tertiary/aromatic N) is 3. The molecule has 0 spiro atoms. The van der Waals surface area contributed by atoms with Crippen LogP contribution in [-0.2, 0) is 6.54 Å². The number of benzene rings is 2. The fourth-order valence-corrected chi connectivity index (χ4v) is 4.15. The van der Waals surface area contributed by atoms with Gasteiger partial charge in [-0.1, -0.05) is 37.9 Å². The summed E-state index contributed by atoms with van der Waals surface area (Å²) in [5.41, 5.74) is 2.42. The number of aromatic nitrogens is 3. The predicted octanol–water partition coefficient (Wildman–Crippen LogP) is 5.90. The summed E-state index contributed by atoms with van der Waals surface area (Å²) < 4.78 is 31.4. The lowest BCUT2D eigenvalue weighted by atomic mass is 10.2. The van der Waals surface area contributed by atoms with Crippen LogP contribution in [0.2, 0.25) is 0 Å². The van der Waals surface area contributed by atoms with Gasteiger partial charge < -0.3 is 4.57 Å². The Balaban J connectivity index is 1.70. The Morgan fingerprint density at radius 1 is 0.923 bits per heavy atom. The fraction of sp³-hybridized carbons (Fsp3) is 0.0526. The van der Waals surface area contributed by atoms with Crippen LogP contribution in [0.25, 0.3) is 22.8 Å². The lowest BCUT2D eigenvalue weighted by Crippen LogP contribution is -2.01. The Morgan fingerprint density at radius 3 is 2.42 bits per heavy atom. The first kappa shape index (κ1) is 17.3. The van der Waals surface area contributed by atoms with E-state index in [1.54, 1.807) is 0 Å². The zero-order valence-electron chi connectivity index (χ0n) is 13.3. The molecule has 0 unspecified atom stereocenters. The minimum Gasteiger partial charge on any atom is -0.348 e. The van der Waals surface area contributed by atoms with Crippen LogP contribution in [0.5, 0.6) is 0 Å². The Morgan fingerprint density at radius 2 is 1.65 bits per heavy atom. The monoisotopic (exact) mass is 477 g/mol. The molecule has 0 N–H and O–H groups in total. The molecule has 0 fully saturated rings. The van der Waals surface area contributed by atoms with E-state index in [1.165, 1.54) is 12.1 Å². The Bertz CT molecular complexity index is 1060. The van der Waals surface area contributed by atoms with Gasteiger partial charge in [-0.25, -0.2) is 18.7 Å². The largest absolute Gasteiger partial charge is 0.348 e. The Hall–Kier alpha value is -2.12. The van der Waals surface area contributed by atoms with E-state index < -0.39 is 11.6 Å². The molecule has 7 heteroatoms. The lowest BCUT2D eigenvalue weighted by molar-refractivity contribution is 0.510. The van der Waals surface area contributed by atoms with E-state index in [0.717, 1.165) is 20.6 Å². The molecule has 0 bridgehead atoms. The van der Waals surface area contributed by atoms with E-state index in [2.05, 4.69) is 41.8 Å². The molecule has 2 aromatic carbocycles. The molecule has 0 saturated carbocycles. The Labute approximate surface area is 165 Å². The molecule has 4 rings (SSSR count). The zero-order chi connectivity index (χ0) is 18.3. The van der Waals surface area contributed by atoms with Crippen LogP contribution in [0.4, 0.5) is 8.78 Å². The van der Waals surface area contributed by atoms with Crippen molar-refractivity contribution in [1.82, 2.24) is 14.5 Å². The fourth-order valence-electron chi connectivity index (χ4n) is 2.76. The van der Waals surface area contributed by atoms with Gasteiger partial charge in [0.05, 0.1) is 11.3 Å². The van der Waals surface area contributed by atoms with E-state index in [0.29, 0.717) is 17.9 Å². The highest BCUT2D eigenvalue weighted by molar-refractivity contribution is 9.11. The van der Waals surface area contributed by atoms with Crippen molar-refractivity contribution in [3.8, 4) is 22.8 Å². The molecule has 0 aromatic heterocycles. The van der Waals surface area contributed by atoms with Crippen molar-refractivity contribution >= 4 is 31.9 Å². The lowest BCUT2D eigenvalue weighted by Gasteiger charge is -2.09. The number of rotatable bonds is 3. The van der Waals surface area contributed by atoms with Crippen LogP contribution in [-0.4, -0.2) is 14.5 Å². The number of imidazole rings is 1. The van der Waals surface area contributed by atoms with Crippen LogP contribution in [0, 0.1) is 11.6 Å². The molecular formula is C19H11Br2F2N3. The minimum atomic E-state index is -0.935. The molecule has 26 heavy (non-hydrogen) atoms. The van der Waals surface area contributed by atoms with Crippen LogP contribution >= 0.6 is 31.9 Å². The van der Waals surface area contributed by atoms with Crippen LogP contribution in [0.15, 0.2) is 63.8 Å². The third kappa shape index (κ3) is 3.41. The van der Waals surface area contributed by atoms with Gasteiger partial charge in [-0.3, -0.25) is 0 Å². The first-order valence-electron chi connectivity index (χ1n) is 7.72. The van der Waals surface area contributed by atoms with Crippen molar-refractivity contribution in [3.63, 3.8) is 0 Å². The van der Waals surface area contributed by atoms with Crippen molar-refractivity contribution in [2.45, 2.75) is 6.54 Å². The topological polar surface area (TPSA) is 30.7 Å². The third-order valence-corrected chi connectivity index (χ3v) is 4.82. The van der Waals surface area contributed by atoms with Crippen molar-refractivity contribution in [2.24, 2.45) is 0 Å². The molecule has 130 valence electrons. The first-order chi connectivity index (χ1) is 12.5. The van der Waals surface area contributed by atoms with Gasteiger partial charge in [0.25, 0.3) is 0 Å². The molecule has 2 heterocycles. The normalized spacial score (nSPS) is 11.2. The van der Waals surface area contributed by atoms with Gasteiger partial charge in [-0.05, 0) is 42.0 Å². The zero-order valence-corrected chi connectivity index (χ0v) is 16.4. The van der Waals surface area contributed by atoms with Crippen molar-refractivity contribution < 1.29 is 8.78 Å². The quantitative estimate of drug-likeness (QED) is 0.367. The summed E-state index contributed by atoms with van der Waals surface area (Å²) in [6.45, 7) is 0.643. The summed E-state index contributed by atoms with van der Waals surface area (Å²) in [5.74, 6) is -1.67. The molecule has 2 aromatic rings. The van der Waals surface area contributed by atoms with Gasteiger partial charge in [-0.2, -0.15) is 0 Å². The number of pyridine rings is 1. The maximum atomic E-state index is 14.0. The summed E-state index contributed by atoms with van der Waals surface area (Å²) in [7, 11) is 0. The molecule has 2 aliphatic rings. The first-order valence-corrected chi connectivity index (χ1v) is 9.31. The third-order valence-electron chi connectivity index (χ3n) is 3.91. The van der Waals surface area contributed by atoms with Crippen LogP contribution < -0.4 is 0 Å². The average molecular weight is 479 g/mol. The van der Waals surface area contributed by atoms with E-state index in [4.69, 9.17) is 0 Å². The summed E-state index contributed by atoms with van der Waals surface area (Å²) >= 11 is 6.96. The molecule has 3 nitrogen and oxygen atoms in total. The van der Waals surface area contributed by atoms with Gasteiger partial charge in [0.1, 0.15) is 5.69 Å². The van der Waals surface area contributed by atoms with Crippen molar-refractivity contribution in [2.75, 3.05) is 0 Å². The number of halogens is 4. The van der Waals surface area contributed by atoms with Crippen LogP contribution in [0.3, 0.4) is 0 Å². The molecule has 0 saturated heterocycles. The van der Waals surface area contributed by atoms with Gasteiger partial charge in [0.15, 0.2) is 17.5 Å². The average Bonchev–Trinajstić information content (AvgIpc) is 2.99. The van der Waals surface area contributed by atoms with Crippen LogP contribution in [0.1, 0.15) is 5.56 Å². The summed E-state index contributed by atoms with van der Waals surface area (Å²) in [4.78, 5) is 8.68. The smallest absolute Gasteiger partial charge is 0.169 e. The van der Waals surface area contributed by atoms with Crippen molar-refractivity contribution in [1.29, 1.82) is 0 Å². The van der Waals surface area contributed by atoms with Gasteiger partial charge in [0, 0.05) is 27.9 Å².